The molecule has 0 N–H and O–H groups in total. The zero-order chi connectivity index (χ0) is 15.6. The zero-order valence-corrected chi connectivity index (χ0v) is 12.7. The van der Waals surface area contributed by atoms with Crippen LogP contribution in [0.1, 0.15) is 0 Å². The number of halogens is 1. The van der Waals surface area contributed by atoms with E-state index in [2.05, 4.69) is 15.0 Å². The Balaban J connectivity index is 1.77. The van der Waals surface area contributed by atoms with Crippen molar-refractivity contribution in [3.8, 4) is 23.0 Å². The molecule has 0 amide bonds. The molecule has 0 atom stereocenters. The van der Waals surface area contributed by atoms with Crippen molar-refractivity contribution in [1.82, 2.24) is 19.4 Å². The number of para-hydroxylation sites is 1. The van der Waals surface area contributed by atoms with E-state index in [1.807, 2.05) is 53.1 Å². The Morgan fingerprint density at radius 3 is 2.61 bits per heavy atom. The molecular weight excluding hydrogens is 312 g/mol. The lowest BCUT2D eigenvalue weighted by molar-refractivity contribution is 0.479. The minimum Gasteiger partial charge on any atom is -0.456 e. The highest BCUT2D eigenvalue weighted by Gasteiger charge is 2.10. The number of pyridine rings is 1. The average molecular weight is 323 g/mol. The van der Waals surface area contributed by atoms with Crippen LogP contribution in [0, 0.1) is 0 Å². The molecule has 5 nitrogen and oxygen atoms in total. The van der Waals surface area contributed by atoms with Crippen LogP contribution in [0.25, 0.3) is 17.2 Å². The largest absolute Gasteiger partial charge is 0.456 e. The van der Waals surface area contributed by atoms with E-state index in [0.717, 1.165) is 17.1 Å². The number of benzene rings is 1. The van der Waals surface area contributed by atoms with Gasteiger partial charge in [0.2, 0.25) is 0 Å². The van der Waals surface area contributed by atoms with E-state index in [4.69, 9.17) is 16.3 Å². The first-order valence-corrected chi connectivity index (χ1v) is 7.36. The third-order valence-electron chi connectivity index (χ3n) is 3.31. The third kappa shape index (κ3) is 2.74. The van der Waals surface area contributed by atoms with E-state index in [1.54, 1.807) is 18.5 Å². The Hall–Kier alpha value is -2.92. The Morgan fingerprint density at radius 2 is 1.78 bits per heavy atom. The number of hydrogen-bond acceptors (Lipinski definition) is 4. The summed E-state index contributed by atoms with van der Waals surface area (Å²) in [7, 11) is 0. The maximum atomic E-state index is 5.95. The zero-order valence-electron chi connectivity index (χ0n) is 11.9. The SMILES string of the molecule is Clc1ccnc(-c2cnc3ccc(Oc4ccccc4)cn23)n1. The molecule has 0 unspecified atom stereocenters. The maximum absolute atomic E-state index is 5.95. The van der Waals surface area contributed by atoms with Crippen molar-refractivity contribution in [2.75, 3.05) is 0 Å². The molecule has 4 aromatic rings. The highest BCUT2D eigenvalue weighted by Crippen LogP contribution is 2.24. The summed E-state index contributed by atoms with van der Waals surface area (Å²) in [5.74, 6) is 1.99. The van der Waals surface area contributed by atoms with Crippen molar-refractivity contribution in [3.63, 3.8) is 0 Å². The summed E-state index contributed by atoms with van der Waals surface area (Å²) < 4.78 is 7.73. The van der Waals surface area contributed by atoms with Gasteiger partial charge in [0.25, 0.3) is 0 Å². The molecule has 1 aromatic carbocycles. The van der Waals surface area contributed by atoms with Crippen LogP contribution in [0.2, 0.25) is 5.15 Å². The minimum absolute atomic E-state index is 0.390. The van der Waals surface area contributed by atoms with Crippen LogP contribution >= 0.6 is 11.6 Å². The highest BCUT2D eigenvalue weighted by atomic mass is 35.5. The van der Waals surface area contributed by atoms with Gasteiger partial charge in [-0.3, -0.25) is 4.40 Å². The fourth-order valence-electron chi connectivity index (χ4n) is 2.27. The molecular formula is C17H11ClN4O. The quantitative estimate of drug-likeness (QED) is 0.529. The molecule has 0 saturated heterocycles. The molecule has 0 aliphatic carbocycles. The lowest BCUT2D eigenvalue weighted by Crippen LogP contribution is -1.94. The molecule has 0 aliphatic heterocycles. The van der Waals surface area contributed by atoms with Crippen LogP contribution < -0.4 is 4.74 Å². The number of rotatable bonds is 3. The summed E-state index contributed by atoms with van der Waals surface area (Å²) in [6.45, 7) is 0. The van der Waals surface area contributed by atoms with Gasteiger partial charge in [-0.15, -0.1) is 0 Å². The molecule has 0 fully saturated rings. The van der Waals surface area contributed by atoms with Crippen molar-refractivity contribution in [2.45, 2.75) is 0 Å². The summed E-state index contributed by atoms with van der Waals surface area (Å²) in [5, 5.41) is 0.390. The van der Waals surface area contributed by atoms with E-state index >= 15 is 0 Å². The van der Waals surface area contributed by atoms with Gasteiger partial charge in [0.05, 0.1) is 12.4 Å². The fourth-order valence-corrected chi connectivity index (χ4v) is 2.41. The summed E-state index contributed by atoms with van der Waals surface area (Å²) in [6.07, 6.45) is 5.19. The predicted molar refractivity (Wildman–Crippen MR) is 87.7 cm³/mol. The van der Waals surface area contributed by atoms with Gasteiger partial charge >= 0.3 is 0 Å². The van der Waals surface area contributed by atoms with Crippen LogP contribution in [0.5, 0.6) is 11.5 Å². The lowest BCUT2D eigenvalue weighted by atomic mass is 10.3. The molecule has 0 radical (unpaired) electrons. The van der Waals surface area contributed by atoms with Crippen LogP contribution in [0.3, 0.4) is 0 Å². The standard InChI is InChI=1S/C17H11ClN4O/c18-15-8-9-19-17(21-15)14-10-20-16-7-6-13(11-22(14)16)23-12-4-2-1-3-5-12/h1-11H. The third-order valence-corrected chi connectivity index (χ3v) is 3.52. The van der Waals surface area contributed by atoms with Crippen LogP contribution in [0.15, 0.2) is 67.1 Å². The van der Waals surface area contributed by atoms with Gasteiger partial charge in [0.15, 0.2) is 5.82 Å². The van der Waals surface area contributed by atoms with Gasteiger partial charge in [-0.25, -0.2) is 15.0 Å². The average Bonchev–Trinajstić information content (AvgIpc) is 2.99. The lowest BCUT2D eigenvalue weighted by Gasteiger charge is -2.07. The Morgan fingerprint density at radius 1 is 0.913 bits per heavy atom. The molecule has 6 heteroatoms. The second-order valence-corrected chi connectivity index (χ2v) is 5.24. The van der Waals surface area contributed by atoms with Crippen molar-refractivity contribution < 1.29 is 4.74 Å². The van der Waals surface area contributed by atoms with Crippen LogP contribution in [0.4, 0.5) is 0 Å². The highest BCUT2D eigenvalue weighted by molar-refractivity contribution is 6.29. The molecule has 3 aromatic heterocycles. The minimum atomic E-state index is 0.390. The number of imidazole rings is 1. The van der Waals surface area contributed by atoms with E-state index in [1.165, 1.54) is 0 Å². The number of nitrogens with zero attached hydrogens (tertiary/aromatic N) is 4. The Kier molecular flexibility index (Phi) is 3.40. The molecule has 4 rings (SSSR count). The van der Waals surface area contributed by atoms with Crippen LogP contribution in [-0.4, -0.2) is 19.4 Å². The van der Waals surface area contributed by atoms with Gasteiger partial charge in [-0.2, -0.15) is 0 Å². The van der Waals surface area contributed by atoms with Gasteiger partial charge in [0, 0.05) is 6.20 Å². The first kappa shape index (κ1) is 13.7. The second kappa shape index (κ2) is 5.70. The summed E-state index contributed by atoms with van der Waals surface area (Å²) in [5.41, 5.74) is 1.53. The molecule has 112 valence electrons. The first-order chi connectivity index (χ1) is 11.3. The van der Waals surface area contributed by atoms with Gasteiger partial charge in [-0.05, 0) is 30.3 Å². The molecule has 0 aliphatic rings. The van der Waals surface area contributed by atoms with E-state index < -0.39 is 0 Å². The van der Waals surface area contributed by atoms with E-state index in [0.29, 0.717) is 16.7 Å². The maximum Gasteiger partial charge on any atom is 0.179 e. The molecule has 23 heavy (non-hydrogen) atoms. The van der Waals surface area contributed by atoms with Gasteiger partial charge < -0.3 is 4.74 Å². The Labute approximate surface area is 137 Å². The summed E-state index contributed by atoms with van der Waals surface area (Å²) in [6, 6.07) is 15.0. The Bertz CT molecular complexity index is 969. The normalized spacial score (nSPS) is 10.8. The summed E-state index contributed by atoms with van der Waals surface area (Å²) >= 11 is 5.95. The van der Waals surface area contributed by atoms with E-state index in [-0.39, 0.29) is 0 Å². The second-order valence-electron chi connectivity index (χ2n) is 4.85. The first-order valence-electron chi connectivity index (χ1n) is 6.98. The van der Waals surface area contributed by atoms with Crippen molar-refractivity contribution >= 4 is 17.2 Å². The molecule has 0 bridgehead atoms. The van der Waals surface area contributed by atoms with E-state index in [9.17, 15) is 0 Å². The topological polar surface area (TPSA) is 52.3 Å². The molecule has 0 saturated carbocycles. The van der Waals surface area contributed by atoms with Crippen molar-refractivity contribution in [2.24, 2.45) is 0 Å². The van der Waals surface area contributed by atoms with Crippen LogP contribution in [-0.2, 0) is 0 Å². The van der Waals surface area contributed by atoms with Crippen molar-refractivity contribution in [1.29, 1.82) is 0 Å². The smallest absolute Gasteiger partial charge is 0.179 e. The van der Waals surface area contributed by atoms with Gasteiger partial charge in [0.1, 0.15) is 28.0 Å². The van der Waals surface area contributed by atoms with Crippen molar-refractivity contribution in [3.05, 3.63) is 72.3 Å². The number of aromatic nitrogens is 4. The molecule has 0 spiro atoms. The predicted octanol–water partition coefficient (Wildman–Crippen LogP) is 4.24. The number of ether oxygens (including phenoxy) is 1. The van der Waals surface area contributed by atoms with Gasteiger partial charge in [-0.1, -0.05) is 29.8 Å². The fraction of sp³-hybridized carbons (Fsp3) is 0. The summed E-state index contributed by atoms with van der Waals surface area (Å²) in [4.78, 5) is 12.8. The number of hydrogen-bond donors (Lipinski definition) is 0. The monoisotopic (exact) mass is 322 g/mol. The molecule has 3 heterocycles. The number of fused-ring (bicyclic) bond motifs is 1.